The molecule has 106 valence electrons. The molecule has 4 rings (SSSR count). The average Bonchev–Trinajstić information content (AvgIpc) is 3.23. The van der Waals surface area contributed by atoms with Crippen molar-refractivity contribution < 1.29 is 9.21 Å². The smallest absolute Gasteiger partial charge is 0.228 e. The second kappa shape index (κ2) is 4.96. The molecule has 0 atom stereocenters. The molecular weight excluding hydrogens is 278 g/mol. The molecule has 0 spiro atoms. The number of rotatable bonds is 3. The highest BCUT2D eigenvalue weighted by atomic mass is 16.3. The summed E-state index contributed by atoms with van der Waals surface area (Å²) in [4.78, 5) is 23.9. The van der Waals surface area contributed by atoms with Gasteiger partial charge >= 0.3 is 0 Å². The predicted octanol–water partition coefficient (Wildman–Crippen LogP) is 3.45. The van der Waals surface area contributed by atoms with E-state index in [1.54, 1.807) is 36.7 Å². The fraction of sp³-hybridized carbons (Fsp3) is 0. The van der Waals surface area contributed by atoms with E-state index in [9.17, 15) is 4.79 Å². The number of fused-ring (bicyclic) bond motifs is 1. The van der Waals surface area contributed by atoms with Gasteiger partial charge < -0.3 is 9.40 Å². The molecule has 0 saturated heterocycles. The van der Waals surface area contributed by atoms with Crippen LogP contribution in [0.5, 0.6) is 0 Å². The number of furan rings is 1. The van der Waals surface area contributed by atoms with E-state index in [0.717, 1.165) is 22.4 Å². The van der Waals surface area contributed by atoms with E-state index >= 15 is 0 Å². The van der Waals surface area contributed by atoms with E-state index in [1.165, 1.54) is 6.26 Å². The molecule has 0 aliphatic rings. The van der Waals surface area contributed by atoms with Crippen LogP contribution in [-0.4, -0.2) is 20.7 Å². The Hall–Kier alpha value is -3.21. The van der Waals surface area contributed by atoms with Crippen molar-refractivity contribution in [2.24, 2.45) is 0 Å². The minimum atomic E-state index is -0.134. The van der Waals surface area contributed by atoms with Crippen LogP contribution in [0.4, 0.5) is 0 Å². The SMILES string of the molecule is O=C(c1ccc(-c2nc3cnccc3[nH]2)cc1)c1ccco1. The maximum absolute atomic E-state index is 12.2. The van der Waals surface area contributed by atoms with Gasteiger partial charge in [-0.3, -0.25) is 9.78 Å². The molecule has 5 heteroatoms. The molecule has 3 heterocycles. The lowest BCUT2D eigenvalue weighted by molar-refractivity contribution is 0.101. The number of benzene rings is 1. The van der Waals surface area contributed by atoms with Gasteiger partial charge in [0.1, 0.15) is 11.3 Å². The summed E-state index contributed by atoms with van der Waals surface area (Å²) in [7, 11) is 0. The lowest BCUT2D eigenvalue weighted by Crippen LogP contribution is -1.99. The Bertz CT molecular complexity index is 905. The van der Waals surface area contributed by atoms with Gasteiger partial charge in [0, 0.05) is 17.3 Å². The number of carbonyl (C=O) groups excluding carboxylic acids is 1. The number of ketones is 1. The molecular formula is C17H11N3O2. The van der Waals surface area contributed by atoms with Crippen molar-refractivity contribution in [3.8, 4) is 11.4 Å². The average molecular weight is 289 g/mol. The zero-order valence-electron chi connectivity index (χ0n) is 11.5. The molecule has 0 fully saturated rings. The van der Waals surface area contributed by atoms with Gasteiger partial charge in [0.25, 0.3) is 0 Å². The van der Waals surface area contributed by atoms with Crippen LogP contribution in [0, 0.1) is 0 Å². The molecule has 0 amide bonds. The minimum Gasteiger partial charge on any atom is -0.461 e. The Morgan fingerprint density at radius 3 is 2.68 bits per heavy atom. The lowest BCUT2D eigenvalue weighted by atomic mass is 10.1. The Morgan fingerprint density at radius 1 is 1.09 bits per heavy atom. The Labute approximate surface area is 125 Å². The maximum Gasteiger partial charge on any atom is 0.228 e. The standard InChI is InChI=1S/C17H11N3O2/c21-16(15-2-1-9-22-15)11-3-5-12(6-4-11)17-19-13-7-8-18-10-14(13)20-17/h1-10H,(H,19,20). The lowest BCUT2D eigenvalue weighted by Gasteiger charge is -2.00. The second-order valence-corrected chi connectivity index (χ2v) is 4.86. The number of imidazole rings is 1. The van der Waals surface area contributed by atoms with E-state index in [1.807, 2.05) is 18.2 Å². The summed E-state index contributed by atoms with van der Waals surface area (Å²) in [5.41, 5.74) is 3.23. The number of H-pyrrole nitrogens is 1. The second-order valence-electron chi connectivity index (χ2n) is 4.86. The number of nitrogens with zero attached hydrogens (tertiary/aromatic N) is 2. The van der Waals surface area contributed by atoms with Crippen molar-refractivity contribution in [3.05, 3.63) is 72.4 Å². The van der Waals surface area contributed by atoms with Gasteiger partial charge in [-0.05, 0) is 18.2 Å². The van der Waals surface area contributed by atoms with Crippen molar-refractivity contribution in [1.29, 1.82) is 0 Å². The molecule has 4 aromatic rings. The van der Waals surface area contributed by atoms with Crippen molar-refractivity contribution >= 4 is 16.8 Å². The molecule has 0 saturated carbocycles. The van der Waals surface area contributed by atoms with Crippen LogP contribution in [0.1, 0.15) is 16.1 Å². The zero-order chi connectivity index (χ0) is 14.9. The number of hydrogen-bond acceptors (Lipinski definition) is 4. The first-order chi connectivity index (χ1) is 10.8. The molecule has 5 nitrogen and oxygen atoms in total. The summed E-state index contributed by atoms with van der Waals surface area (Å²) in [5.74, 6) is 0.952. The Kier molecular flexibility index (Phi) is 2.83. The Balaban J connectivity index is 1.68. The van der Waals surface area contributed by atoms with Crippen LogP contribution >= 0.6 is 0 Å². The first kappa shape index (κ1) is 12.5. The summed E-state index contributed by atoms with van der Waals surface area (Å²) in [6.07, 6.45) is 4.92. The highest BCUT2D eigenvalue weighted by molar-refractivity contribution is 6.07. The van der Waals surface area contributed by atoms with E-state index in [2.05, 4.69) is 15.0 Å². The van der Waals surface area contributed by atoms with Crippen molar-refractivity contribution in [2.45, 2.75) is 0 Å². The number of hydrogen-bond donors (Lipinski definition) is 1. The van der Waals surface area contributed by atoms with Gasteiger partial charge in [-0.1, -0.05) is 24.3 Å². The molecule has 1 aromatic carbocycles. The van der Waals surface area contributed by atoms with Gasteiger partial charge in [0.15, 0.2) is 5.76 Å². The topological polar surface area (TPSA) is 71.8 Å². The number of carbonyl (C=O) groups is 1. The molecule has 0 bridgehead atoms. The van der Waals surface area contributed by atoms with E-state index < -0.39 is 0 Å². The van der Waals surface area contributed by atoms with Crippen LogP contribution < -0.4 is 0 Å². The van der Waals surface area contributed by atoms with Gasteiger partial charge in [-0.25, -0.2) is 4.98 Å². The number of aromatic nitrogens is 3. The highest BCUT2D eigenvalue weighted by Crippen LogP contribution is 2.21. The van der Waals surface area contributed by atoms with Gasteiger partial charge in [-0.15, -0.1) is 0 Å². The molecule has 0 aliphatic heterocycles. The van der Waals surface area contributed by atoms with E-state index in [-0.39, 0.29) is 5.78 Å². The van der Waals surface area contributed by atoms with Crippen LogP contribution in [0.15, 0.2) is 65.5 Å². The summed E-state index contributed by atoms with van der Waals surface area (Å²) in [6, 6.07) is 12.5. The van der Waals surface area contributed by atoms with Crippen LogP contribution in [0.2, 0.25) is 0 Å². The van der Waals surface area contributed by atoms with Gasteiger partial charge in [-0.2, -0.15) is 0 Å². The molecule has 22 heavy (non-hydrogen) atoms. The summed E-state index contributed by atoms with van der Waals surface area (Å²) >= 11 is 0. The molecule has 0 radical (unpaired) electrons. The van der Waals surface area contributed by atoms with Crippen molar-refractivity contribution in [1.82, 2.24) is 15.0 Å². The third-order valence-electron chi connectivity index (χ3n) is 3.45. The number of nitrogens with one attached hydrogen (secondary N) is 1. The third-order valence-corrected chi connectivity index (χ3v) is 3.45. The third kappa shape index (κ3) is 2.09. The molecule has 0 aliphatic carbocycles. The van der Waals surface area contributed by atoms with Crippen LogP contribution in [0.25, 0.3) is 22.4 Å². The monoisotopic (exact) mass is 289 g/mol. The number of aromatic amines is 1. The van der Waals surface area contributed by atoms with Crippen LogP contribution in [-0.2, 0) is 0 Å². The van der Waals surface area contributed by atoms with E-state index in [4.69, 9.17) is 4.42 Å². The predicted molar refractivity (Wildman–Crippen MR) is 81.5 cm³/mol. The largest absolute Gasteiger partial charge is 0.461 e. The minimum absolute atomic E-state index is 0.134. The molecule has 3 aromatic heterocycles. The van der Waals surface area contributed by atoms with Crippen molar-refractivity contribution in [2.75, 3.05) is 0 Å². The highest BCUT2D eigenvalue weighted by Gasteiger charge is 2.12. The fourth-order valence-electron chi connectivity index (χ4n) is 2.32. The van der Waals surface area contributed by atoms with Gasteiger partial charge in [0.05, 0.1) is 18.0 Å². The van der Waals surface area contributed by atoms with Crippen LogP contribution in [0.3, 0.4) is 0 Å². The number of pyridine rings is 1. The fourth-order valence-corrected chi connectivity index (χ4v) is 2.32. The maximum atomic E-state index is 12.2. The quantitative estimate of drug-likeness (QED) is 0.586. The first-order valence-corrected chi connectivity index (χ1v) is 6.79. The first-order valence-electron chi connectivity index (χ1n) is 6.79. The van der Waals surface area contributed by atoms with E-state index in [0.29, 0.717) is 11.3 Å². The summed E-state index contributed by atoms with van der Waals surface area (Å²) < 4.78 is 5.13. The summed E-state index contributed by atoms with van der Waals surface area (Å²) in [6.45, 7) is 0. The normalized spacial score (nSPS) is 10.9. The van der Waals surface area contributed by atoms with Crippen molar-refractivity contribution in [3.63, 3.8) is 0 Å². The Morgan fingerprint density at radius 2 is 1.95 bits per heavy atom. The zero-order valence-corrected chi connectivity index (χ0v) is 11.5. The summed E-state index contributed by atoms with van der Waals surface area (Å²) in [5, 5.41) is 0. The molecule has 0 unspecified atom stereocenters. The van der Waals surface area contributed by atoms with Gasteiger partial charge in [0.2, 0.25) is 5.78 Å². The molecule has 1 N–H and O–H groups in total.